The number of carbonyl (C=O) groups is 1. The second-order valence-electron chi connectivity index (χ2n) is 6.38. The molecule has 0 N–H and O–H groups in total. The zero-order chi connectivity index (χ0) is 19.7. The topological polar surface area (TPSA) is 73.1 Å². The summed E-state index contributed by atoms with van der Waals surface area (Å²) < 4.78 is 7.96. The molecule has 0 radical (unpaired) electrons. The molecule has 0 saturated carbocycles. The van der Waals surface area contributed by atoms with Gasteiger partial charge in [0.2, 0.25) is 0 Å². The Labute approximate surface area is 166 Å². The normalized spacial score (nSPS) is 11.0. The first kappa shape index (κ1) is 18.1. The number of thiazole rings is 1. The first-order chi connectivity index (χ1) is 13.5. The molecule has 3 heterocycles. The molecule has 0 fully saturated rings. The van der Waals surface area contributed by atoms with E-state index in [2.05, 4.69) is 15.1 Å². The number of pyridine rings is 1. The standard InChI is InChI=1S/C20H19N5O2S/c1-13-9-17(23-24(13)2)19(26)25(12-14-5-4-8-21-11-14)20-22-16-10-15(27-3)6-7-18(16)28-20/h4-11H,12H2,1-3H3. The second-order valence-corrected chi connectivity index (χ2v) is 7.39. The van der Waals surface area contributed by atoms with Gasteiger partial charge in [-0.15, -0.1) is 0 Å². The highest BCUT2D eigenvalue weighted by molar-refractivity contribution is 7.22. The summed E-state index contributed by atoms with van der Waals surface area (Å²) in [6.07, 6.45) is 3.46. The molecule has 0 unspecified atom stereocenters. The molecular weight excluding hydrogens is 374 g/mol. The van der Waals surface area contributed by atoms with E-state index >= 15 is 0 Å². The molecule has 1 amide bonds. The van der Waals surface area contributed by atoms with Crippen LogP contribution in [0, 0.1) is 6.92 Å². The highest BCUT2D eigenvalue weighted by Gasteiger charge is 2.24. The Hall–Kier alpha value is -3.26. The van der Waals surface area contributed by atoms with Crippen molar-refractivity contribution < 1.29 is 9.53 Å². The number of hydrogen-bond acceptors (Lipinski definition) is 6. The molecule has 0 aliphatic heterocycles. The average molecular weight is 393 g/mol. The number of rotatable bonds is 5. The SMILES string of the molecule is COc1ccc2sc(N(Cc3cccnc3)C(=O)c3cc(C)n(C)n3)nc2c1. The zero-order valence-corrected chi connectivity index (χ0v) is 16.6. The van der Waals surface area contributed by atoms with E-state index in [0.29, 0.717) is 17.4 Å². The molecule has 3 aromatic heterocycles. The van der Waals surface area contributed by atoms with Crippen molar-refractivity contribution in [3.8, 4) is 5.75 Å². The summed E-state index contributed by atoms with van der Waals surface area (Å²) >= 11 is 1.46. The van der Waals surface area contributed by atoms with E-state index in [1.807, 2.05) is 44.3 Å². The Morgan fingerprint density at radius 1 is 1.29 bits per heavy atom. The van der Waals surface area contributed by atoms with Crippen LogP contribution in [0.15, 0.2) is 48.8 Å². The van der Waals surface area contributed by atoms with Crippen LogP contribution >= 0.6 is 11.3 Å². The van der Waals surface area contributed by atoms with E-state index in [1.54, 1.807) is 35.2 Å². The lowest BCUT2D eigenvalue weighted by atomic mass is 10.2. The van der Waals surface area contributed by atoms with E-state index in [0.717, 1.165) is 27.2 Å². The number of methoxy groups -OCH3 is 1. The molecule has 7 nitrogen and oxygen atoms in total. The number of ether oxygens (including phenoxy) is 1. The molecular formula is C20H19N5O2S. The Bertz CT molecular complexity index is 1120. The molecule has 142 valence electrons. The molecule has 4 rings (SSSR count). The van der Waals surface area contributed by atoms with Crippen molar-refractivity contribution in [2.24, 2.45) is 7.05 Å². The number of aryl methyl sites for hydroxylation is 2. The molecule has 0 aliphatic carbocycles. The summed E-state index contributed by atoms with van der Waals surface area (Å²) in [7, 11) is 3.44. The van der Waals surface area contributed by atoms with E-state index in [4.69, 9.17) is 4.74 Å². The number of amides is 1. The Kier molecular flexibility index (Phi) is 4.79. The number of nitrogens with zero attached hydrogens (tertiary/aromatic N) is 5. The van der Waals surface area contributed by atoms with Crippen LogP contribution < -0.4 is 9.64 Å². The average Bonchev–Trinajstić information content (AvgIpc) is 3.28. The predicted octanol–water partition coefficient (Wildman–Crippen LogP) is 3.59. The number of aromatic nitrogens is 4. The third-order valence-corrected chi connectivity index (χ3v) is 5.52. The van der Waals surface area contributed by atoms with Gasteiger partial charge in [0.05, 0.1) is 23.9 Å². The van der Waals surface area contributed by atoms with Crippen molar-refractivity contribution in [1.29, 1.82) is 0 Å². The number of hydrogen-bond donors (Lipinski definition) is 0. The fourth-order valence-corrected chi connectivity index (χ4v) is 3.78. The molecule has 28 heavy (non-hydrogen) atoms. The van der Waals surface area contributed by atoms with Crippen LogP contribution in [0.5, 0.6) is 5.75 Å². The van der Waals surface area contributed by atoms with Crippen LogP contribution in [-0.4, -0.2) is 32.8 Å². The minimum Gasteiger partial charge on any atom is -0.497 e. The maximum Gasteiger partial charge on any atom is 0.280 e. The van der Waals surface area contributed by atoms with Crippen LogP contribution in [0.2, 0.25) is 0 Å². The van der Waals surface area contributed by atoms with Gasteiger partial charge in [0, 0.05) is 31.2 Å². The van der Waals surface area contributed by atoms with Gasteiger partial charge in [-0.25, -0.2) is 4.98 Å². The van der Waals surface area contributed by atoms with Gasteiger partial charge in [0.25, 0.3) is 5.91 Å². The number of fused-ring (bicyclic) bond motifs is 1. The number of carbonyl (C=O) groups excluding carboxylic acids is 1. The highest BCUT2D eigenvalue weighted by Crippen LogP contribution is 2.32. The van der Waals surface area contributed by atoms with Gasteiger partial charge in [-0.05, 0) is 36.8 Å². The van der Waals surface area contributed by atoms with Crippen LogP contribution in [0.25, 0.3) is 10.2 Å². The lowest BCUT2D eigenvalue weighted by Crippen LogP contribution is -2.30. The molecule has 0 aliphatic rings. The van der Waals surface area contributed by atoms with Crippen molar-refractivity contribution in [2.45, 2.75) is 13.5 Å². The largest absolute Gasteiger partial charge is 0.497 e. The van der Waals surface area contributed by atoms with Crippen molar-refractivity contribution in [1.82, 2.24) is 19.7 Å². The first-order valence-corrected chi connectivity index (χ1v) is 9.53. The van der Waals surface area contributed by atoms with Gasteiger partial charge in [-0.2, -0.15) is 5.10 Å². The van der Waals surface area contributed by atoms with Crippen molar-refractivity contribution in [3.63, 3.8) is 0 Å². The van der Waals surface area contributed by atoms with E-state index in [1.165, 1.54) is 11.3 Å². The smallest absolute Gasteiger partial charge is 0.280 e. The van der Waals surface area contributed by atoms with E-state index < -0.39 is 0 Å². The van der Waals surface area contributed by atoms with Gasteiger partial charge in [0.1, 0.15) is 5.75 Å². The molecule has 1 aromatic carbocycles. The summed E-state index contributed by atoms with van der Waals surface area (Å²) in [6.45, 7) is 2.28. The summed E-state index contributed by atoms with van der Waals surface area (Å²) in [4.78, 5) is 23.8. The van der Waals surface area contributed by atoms with Gasteiger partial charge in [0.15, 0.2) is 10.8 Å². The maximum absolute atomic E-state index is 13.3. The third kappa shape index (κ3) is 3.46. The van der Waals surface area contributed by atoms with Crippen molar-refractivity contribution >= 4 is 32.6 Å². The second kappa shape index (κ2) is 7.40. The maximum atomic E-state index is 13.3. The first-order valence-electron chi connectivity index (χ1n) is 8.71. The molecule has 0 saturated heterocycles. The highest BCUT2D eigenvalue weighted by atomic mass is 32.1. The summed E-state index contributed by atoms with van der Waals surface area (Å²) in [5.41, 5.74) is 3.01. The predicted molar refractivity (Wildman–Crippen MR) is 109 cm³/mol. The molecule has 4 aromatic rings. The van der Waals surface area contributed by atoms with Gasteiger partial charge in [-0.1, -0.05) is 17.4 Å². The van der Waals surface area contributed by atoms with Gasteiger partial charge < -0.3 is 4.74 Å². The van der Waals surface area contributed by atoms with Crippen LogP contribution in [-0.2, 0) is 13.6 Å². The van der Waals surface area contributed by atoms with Gasteiger partial charge in [-0.3, -0.25) is 19.4 Å². The quantitative estimate of drug-likeness (QED) is 0.518. The lowest BCUT2D eigenvalue weighted by Gasteiger charge is -2.18. The van der Waals surface area contributed by atoms with Crippen LogP contribution in [0.1, 0.15) is 21.7 Å². The minimum absolute atomic E-state index is 0.196. The van der Waals surface area contributed by atoms with Crippen LogP contribution in [0.3, 0.4) is 0 Å². The molecule has 0 atom stereocenters. The fraction of sp³-hybridized carbons (Fsp3) is 0.200. The Morgan fingerprint density at radius 3 is 2.82 bits per heavy atom. The Morgan fingerprint density at radius 2 is 2.14 bits per heavy atom. The van der Waals surface area contributed by atoms with E-state index in [-0.39, 0.29) is 5.91 Å². The molecule has 0 spiro atoms. The number of anilines is 1. The number of benzene rings is 1. The summed E-state index contributed by atoms with van der Waals surface area (Å²) in [5.74, 6) is 0.536. The van der Waals surface area contributed by atoms with Crippen molar-refractivity contribution in [2.75, 3.05) is 12.0 Å². The zero-order valence-electron chi connectivity index (χ0n) is 15.8. The fourth-order valence-electron chi connectivity index (χ4n) is 2.84. The monoisotopic (exact) mass is 393 g/mol. The van der Waals surface area contributed by atoms with Gasteiger partial charge >= 0.3 is 0 Å². The van der Waals surface area contributed by atoms with Crippen LogP contribution in [0.4, 0.5) is 5.13 Å². The van der Waals surface area contributed by atoms with E-state index in [9.17, 15) is 4.79 Å². The molecule has 0 bridgehead atoms. The Balaban J connectivity index is 1.76. The molecule has 8 heteroatoms. The summed E-state index contributed by atoms with van der Waals surface area (Å²) in [5, 5.41) is 4.96. The summed E-state index contributed by atoms with van der Waals surface area (Å²) in [6, 6.07) is 11.3. The minimum atomic E-state index is -0.196. The lowest BCUT2D eigenvalue weighted by molar-refractivity contribution is 0.0979. The third-order valence-electron chi connectivity index (χ3n) is 4.46. The van der Waals surface area contributed by atoms with Crippen molar-refractivity contribution in [3.05, 3.63) is 65.7 Å².